The maximum atomic E-state index is 12.7. The molecule has 18 heavy (non-hydrogen) atoms. The van der Waals surface area contributed by atoms with Gasteiger partial charge in [0, 0.05) is 12.6 Å². The number of hydrogen-bond donors (Lipinski definition) is 2. The molecule has 1 aliphatic carbocycles. The Morgan fingerprint density at radius 3 is 2.56 bits per heavy atom. The number of thiocarbonyl (C=S) groups is 1. The first-order valence-corrected chi connectivity index (χ1v) is 6.94. The summed E-state index contributed by atoms with van der Waals surface area (Å²) in [6, 6.07) is 7.15. The van der Waals surface area contributed by atoms with Gasteiger partial charge < -0.3 is 10.6 Å². The van der Waals surface area contributed by atoms with Crippen LogP contribution in [0.2, 0.25) is 0 Å². The van der Waals surface area contributed by atoms with Crippen molar-refractivity contribution >= 4 is 17.3 Å². The smallest absolute Gasteiger partial charge is 0.166 e. The van der Waals surface area contributed by atoms with Gasteiger partial charge in [0.2, 0.25) is 0 Å². The molecule has 2 nitrogen and oxygen atoms in total. The summed E-state index contributed by atoms with van der Waals surface area (Å²) in [6.07, 6.45) is 5.90. The summed E-state index contributed by atoms with van der Waals surface area (Å²) in [5.74, 6) is -0.190. The molecular formula is C14H19FN2S. The molecule has 4 heteroatoms. The zero-order valence-electron chi connectivity index (χ0n) is 10.4. The monoisotopic (exact) mass is 266 g/mol. The molecule has 0 unspecified atom stereocenters. The molecular weight excluding hydrogens is 247 g/mol. The summed E-state index contributed by atoms with van der Waals surface area (Å²) in [6.45, 7) is 0.782. The quantitative estimate of drug-likeness (QED) is 0.820. The standard InChI is InChI=1S/C14H19FN2S/c15-12-7-5-11(6-8-12)9-10-16-14(18)17-13-3-1-2-4-13/h5-8,13H,1-4,9-10H2,(H2,16,17,18). The first kappa shape index (κ1) is 13.3. The van der Waals surface area contributed by atoms with Crippen LogP contribution in [0.4, 0.5) is 4.39 Å². The summed E-state index contributed by atoms with van der Waals surface area (Å²) in [7, 11) is 0. The van der Waals surface area contributed by atoms with Crippen molar-refractivity contribution in [1.29, 1.82) is 0 Å². The van der Waals surface area contributed by atoms with E-state index in [9.17, 15) is 4.39 Å². The van der Waals surface area contributed by atoms with Crippen LogP contribution in [0.1, 0.15) is 31.2 Å². The number of nitrogens with one attached hydrogen (secondary N) is 2. The Morgan fingerprint density at radius 1 is 1.22 bits per heavy atom. The highest BCUT2D eigenvalue weighted by Crippen LogP contribution is 2.17. The van der Waals surface area contributed by atoms with Crippen molar-refractivity contribution in [2.45, 2.75) is 38.1 Å². The van der Waals surface area contributed by atoms with Gasteiger partial charge in [-0.2, -0.15) is 0 Å². The highest BCUT2D eigenvalue weighted by Gasteiger charge is 2.14. The van der Waals surface area contributed by atoms with Gasteiger partial charge in [-0.05, 0) is 49.2 Å². The van der Waals surface area contributed by atoms with Gasteiger partial charge in [-0.3, -0.25) is 0 Å². The van der Waals surface area contributed by atoms with E-state index in [1.165, 1.54) is 37.8 Å². The van der Waals surface area contributed by atoms with Gasteiger partial charge in [0.05, 0.1) is 0 Å². The van der Waals surface area contributed by atoms with Crippen molar-refractivity contribution in [3.05, 3.63) is 35.6 Å². The van der Waals surface area contributed by atoms with E-state index in [4.69, 9.17) is 12.2 Å². The van der Waals surface area contributed by atoms with E-state index in [1.54, 1.807) is 0 Å². The lowest BCUT2D eigenvalue weighted by Crippen LogP contribution is -2.41. The fourth-order valence-electron chi connectivity index (χ4n) is 2.28. The van der Waals surface area contributed by atoms with Crippen LogP contribution in [0.3, 0.4) is 0 Å². The van der Waals surface area contributed by atoms with Gasteiger partial charge in [0.25, 0.3) is 0 Å². The van der Waals surface area contributed by atoms with Crippen LogP contribution in [0, 0.1) is 5.82 Å². The molecule has 98 valence electrons. The lowest BCUT2D eigenvalue weighted by molar-refractivity contribution is 0.620. The van der Waals surface area contributed by atoms with Crippen molar-refractivity contribution in [3.8, 4) is 0 Å². The van der Waals surface area contributed by atoms with Crippen molar-refractivity contribution in [3.63, 3.8) is 0 Å². The molecule has 1 aliphatic rings. The molecule has 1 fully saturated rings. The minimum atomic E-state index is -0.190. The van der Waals surface area contributed by atoms with E-state index in [0.717, 1.165) is 23.6 Å². The lowest BCUT2D eigenvalue weighted by atomic mass is 10.1. The van der Waals surface area contributed by atoms with Crippen molar-refractivity contribution in [1.82, 2.24) is 10.6 Å². The summed E-state index contributed by atoms with van der Waals surface area (Å²) >= 11 is 5.24. The second-order valence-electron chi connectivity index (χ2n) is 4.76. The van der Waals surface area contributed by atoms with Gasteiger partial charge in [0.1, 0.15) is 5.82 Å². The SMILES string of the molecule is Fc1ccc(CCNC(=S)NC2CCCC2)cc1. The summed E-state index contributed by atoms with van der Waals surface area (Å²) in [5.41, 5.74) is 1.12. The van der Waals surface area contributed by atoms with E-state index < -0.39 is 0 Å². The third-order valence-corrected chi connectivity index (χ3v) is 3.57. The predicted octanol–water partition coefficient (Wildman–Crippen LogP) is 2.77. The predicted molar refractivity (Wildman–Crippen MR) is 76.1 cm³/mol. The molecule has 0 aromatic heterocycles. The van der Waals surface area contributed by atoms with Crippen LogP contribution in [0.25, 0.3) is 0 Å². The zero-order chi connectivity index (χ0) is 12.8. The number of benzene rings is 1. The average molecular weight is 266 g/mol. The fraction of sp³-hybridized carbons (Fsp3) is 0.500. The molecule has 0 bridgehead atoms. The average Bonchev–Trinajstić information content (AvgIpc) is 2.84. The van der Waals surface area contributed by atoms with Crippen molar-refractivity contribution in [2.24, 2.45) is 0 Å². The molecule has 0 heterocycles. The van der Waals surface area contributed by atoms with Crippen LogP contribution in [0.5, 0.6) is 0 Å². The highest BCUT2D eigenvalue weighted by atomic mass is 32.1. The Morgan fingerprint density at radius 2 is 1.89 bits per heavy atom. The fourth-order valence-corrected chi connectivity index (χ4v) is 2.55. The molecule has 0 spiro atoms. The van der Waals surface area contributed by atoms with Gasteiger partial charge in [-0.25, -0.2) is 4.39 Å². The summed E-state index contributed by atoms with van der Waals surface area (Å²) < 4.78 is 12.7. The molecule has 0 amide bonds. The number of rotatable bonds is 4. The van der Waals surface area contributed by atoms with Gasteiger partial charge in [-0.1, -0.05) is 25.0 Å². The number of hydrogen-bond acceptors (Lipinski definition) is 1. The van der Waals surface area contributed by atoms with Gasteiger partial charge in [0.15, 0.2) is 5.11 Å². The van der Waals surface area contributed by atoms with Crippen molar-refractivity contribution < 1.29 is 4.39 Å². The molecule has 0 atom stereocenters. The van der Waals surface area contributed by atoms with E-state index in [0.29, 0.717) is 6.04 Å². The van der Waals surface area contributed by atoms with Crippen LogP contribution in [-0.4, -0.2) is 17.7 Å². The zero-order valence-corrected chi connectivity index (χ0v) is 11.2. The first-order chi connectivity index (χ1) is 8.74. The molecule has 2 rings (SSSR count). The highest BCUT2D eigenvalue weighted by molar-refractivity contribution is 7.80. The Bertz CT molecular complexity index is 385. The van der Waals surface area contributed by atoms with Crippen LogP contribution < -0.4 is 10.6 Å². The Labute approximate surface area is 113 Å². The second-order valence-corrected chi connectivity index (χ2v) is 5.17. The molecule has 2 N–H and O–H groups in total. The Kier molecular flexibility index (Phi) is 4.93. The summed E-state index contributed by atoms with van der Waals surface area (Å²) in [4.78, 5) is 0. The van der Waals surface area contributed by atoms with Gasteiger partial charge >= 0.3 is 0 Å². The van der Waals surface area contributed by atoms with E-state index in [2.05, 4.69) is 10.6 Å². The maximum Gasteiger partial charge on any atom is 0.166 e. The van der Waals surface area contributed by atoms with E-state index in [1.807, 2.05) is 12.1 Å². The van der Waals surface area contributed by atoms with Crippen LogP contribution >= 0.6 is 12.2 Å². The lowest BCUT2D eigenvalue weighted by Gasteiger charge is -2.15. The molecule has 1 aromatic carbocycles. The van der Waals surface area contributed by atoms with E-state index in [-0.39, 0.29) is 5.82 Å². The molecule has 1 aromatic rings. The minimum absolute atomic E-state index is 0.190. The molecule has 0 saturated heterocycles. The minimum Gasteiger partial charge on any atom is -0.362 e. The summed E-state index contributed by atoms with van der Waals surface area (Å²) in [5, 5.41) is 7.27. The normalized spacial score (nSPS) is 15.6. The third-order valence-electron chi connectivity index (χ3n) is 3.30. The largest absolute Gasteiger partial charge is 0.362 e. The van der Waals surface area contributed by atoms with Crippen molar-refractivity contribution in [2.75, 3.05) is 6.54 Å². The molecule has 0 radical (unpaired) electrons. The second kappa shape index (κ2) is 6.69. The Hall–Kier alpha value is -1.16. The maximum absolute atomic E-state index is 12.7. The third kappa shape index (κ3) is 4.26. The molecule has 1 saturated carbocycles. The topological polar surface area (TPSA) is 24.1 Å². The van der Waals surface area contributed by atoms with E-state index >= 15 is 0 Å². The molecule has 0 aliphatic heterocycles. The van der Waals surface area contributed by atoms with Gasteiger partial charge in [-0.15, -0.1) is 0 Å². The first-order valence-electron chi connectivity index (χ1n) is 6.53. The van der Waals surface area contributed by atoms with Crippen LogP contribution in [-0.2, 0) is 6.42 Å². The van der Waals surface area contributed by atoms with Crippen LogP contribution in [0.15, 0.2) is 24.3 Å². The number of halogens is 1. The Balaban J connectivity index is 1.65.